The van der Waals surface area contributed by atoms with Crippen molar-refractivity contribution >= 4 is 5.57 Å². The van der Waals surface area contributed by atoms with Crippen molar-refractivity contribution in [1.29, 1.82) is 5.26 Å². The Morgan fingerprint density at radius 2 is 1.83 bits per heavy atom. The van der Waals surface area contributed by atoms with E-state index in [1.54, 1.807) is 0 Å². The van der Waals surface area contributed by atoms with E-state index in [2.05, 4.69) is 6.92 Å². The lowest BCUT2D eigenvalue weighted by atomic mass is 9.92. The highest BCUT2D eigenvalue weighted by molar-refractivity contribution is 5.69. The van der Waals surface area contributed by atoms with Crippen molar-refractivity contribution in [2.45, 2.75) is 26.2 Å². The lowest BCUT2D eigenvalue weighted by molar-refractivity contribution is 0.576. The summed E-state index contributed by atoms with van der Waals surface area (Å²) >= 11 is 0. The number of hydrogen-bond donors (Lipinski definition) is 0. The first-order valence-electron chi connectivity index (χ1n) is 5.93. The lowest BCUT2D eigenvalue weighted by Gasteiger charge is -2.14. The molecule has 0 aromatic heterocycles. The van der Waals surface area contributed by atoms with Crippen LogP contribution in [-0.2, 0) is 0 Å². The van der Waals surface area contributed by atoms with Crippen LogP contribution in [-0.4, -0.2) is 0 Å². The molecule has 0 unspecified atom stereocenters. The third kappa shape index (κ3) is 2.33. The summed E-state index contributed by atoms with van der Waals surface area (Å²) in [5.74, 6) is -1.59. The fourth-order valence-electron chi connectivity index (χ4n) is 2.08. The van der Waals surface area contributed by atoms with Crippen LogP contribution in [0.4, 0.5) is 8.78 Å². The zero-order valence-electron chi connectivity index (χ0n) is 10.1. The monoisotopic (exact) mass is 245 g/mol. The smallest absolute Gasteiger partial charge is 0.144 e. The minimum atomic E-state index is -0.793. The first-order chi connectivity index (χ1) is 8.65. The van der Waals surface area contributed by atoms with Gasteiger partial charge in [-0.3, -0.25) is 0 Å². The molecule has 0 bridgehead atoms. The molecule has 0 fully saturated rings. The Labute approximate surface area is 105 Å². The molecular formula is C15H13F2N. The van der Waals surface area contributed by atoms with Crippen LogP contribution in [0.2, 0.25) is 0 Å². The first kappa shape index (κ1) is 12.5. The van der Waals surface area contributed by atoms with Crippen LogP contribution >= 0.6 is 0 Å². The second-order valence-electron chi connectivity index (χ2n) is 4.30. The van der Waals surface area contributed by atoms with Gasteiger partial charge in [-0.05, 0) is 42.5 Å². The molecule has 0 heterocycles. The number of nitrogens with zero attached hydrogens (tertiary/aromatic N) is 1. The Kier molecular flexibility index (Phi) is 3.57. The van der Waals surface area contributed by atoms with Crippen molar-refractivity contribution in [2.75, 3.05) is 0 Å². The second-order valence-corrected chi connectivity index (χ2v) is 4.30. The lowest BCUT2D eigenvalue weighted by Crippen LogP contribution is -1.97. The highest BCUT2D eigenvalue weighted by Gasteiger charge is 2.14. The quantitative estimate of drug-likeness (QED) is 0.759. The predicted molar refractivity (Wildman–Crippen MR) is 66.7 cm³/mol. The highest BCUT2D eigenvalue weighted by atomic mass is 19.1. The molecule has 1 aliphatic rings. The van der Waals surface area contributed by atoms with Crippen molar-refractivity contribution in [3.05, 3.63) is 52.6 Å². The third-order valence-corrected chi connectivity index (χ3v) is 3.21. The van der Waals surface area contributed by atoms with Gasteiger partial charge in [-0.2, -0.15) is 5.26 Å². The van der Waals surface area contributed by atoms with Gasteiger partial charge < -0.3 is 0 Å². The molecule has 1 nitrogen and oxygen atoms in total. The van der Waals surface area contributed by atoms with Crippen molar-refractivity contribution < 1.29 is 8.78 Å². The minimum Gasteiger partial charge on any atom is -0.205 e. The van der Waals surface area contributed by atoms with Crippen molar-refractivity contribution in [1.82, 2.24) is 0 Å². The molecule has 1 aliphatic carbocycles. The second kappa shape index (κ2) is 5.14. The van der Waals surface area contributed by atoms with Gasteiger partial charge in [0.25, 0.3) is 0 Å². The number of hydrogen-bond acceptors (Lipinski definition) is 1. The summed E-state index contributed by atoms with van der Waals surface area (Å²) in [7, 11) is 0. The summed E-state index contributed by atoms with van der Waals surface area (Å²) in [6.07, 6.45) is 6.62. The van der Waals surface area contributed by atoms with Gasteiger partial charge in [0.15, 0.2) is 0 Å². The Hall–Kier alpha value is -1.95. The van der Waals surface area contributed by atoms with Gasteiger partial charge in [-0.1, -0.05) is 24.6 Å². The summed E-state index contributed by atoms with van der Waals surface area (Å²) in [6, 6.07) is 4.00. The van der Waals surface area contributed by atoms with Gasteiger partial charge in [0.05, 0.1) is 0 Å². The van der Waals surface area contributed by atoms with E-state index in [9.17, 15) is 8.78 Å². The maximum Gasteiger partial charge on any atom is 0.144 e. The Morgan fingerprint density at radius 1 is 1.17 bits per heavy atom. The van der Waals surface area contributed by atoms with E-state index in [0.29, 0.717) is 5.56 Å². The molecule has 18 heavy (non-hydrogen) atoms. The molecule has 92 valence electrons. The average molecular weight is 245 g/mol. The van der Waals surface area contributed by atoms with Crippen LogP contribution < -0.4 is 0 Å². The van der Waals surface area contributed by atoms with Crippen LogP contribution in [0.25, 0.3) is 5.57 Å². The summed E-state index contributed by atoms with van der Waals surface area (Å²) in [6.45, 7) is 2.09. The van der Waals surface area contributed by atoms with Gasteiger partial charge >= 0.3 is 0 Å². The van der Waals surface area contributed by atoms with Crippen LogP contribution in [0.15, 0.2) is 29.9 Å². The summed E-state index contributed by atoms with van der Waals surface area (Å²) in [5, 5.41) is 8.61. The van der Waals surface area contributed by atoms with Gasteiger partial charge in [0, 0.05) is 0 Å². The standard InChI is InChI=1S/C15H13F2N/c1-2-10-3-5-11(6-4-10)12-7-14(16)13(9-18)15(17)8-12/h3,5,7-8H,2,4,6H2,1H3. The van der Waals surface area contributed by atoms with E-state index in [1.807, 2.05) is 12.2 Å². The summed E-state index contributed by atoms with van der Waals surface area (Å²) < 4.78 is 27.0. The fraction of sp³-hybridized carbons (Fsp3) is 0.267. The van der Waals surface area contributed by atoms with Crippen molar-refractivity contribution in [2.24, 2.45) is 0 Å². The van der Waals surface area contributed by atoms with Crippen LogP contribution in [0, 0.1) is 23.0 Å². The van der Waals surface area contributed by atoms with Crippen LogP contribution in [0.5, 0.6) is 0 Å². The van der Waals surface area contributed by atoms with E-state index in [-0.39, 0.29) is 0 Å². The molecule has 0 spiro atoms. The summed E-state index contributed by atoms with van der Waals surface area (Å²) in [5.41, 5.74) is 2.26. The van der Waals surface area contributed by atoms with Gasteiger partial charge in [-0.25, -0.2) is 8.78 Å². The molecule has 0 radical (unpaired) electrons. The summed E-state index contributed by atoms with van der Waals surface area (Å²) in [4.78, 5) is 0. The number of rotatable bonds is 2. The van der Waals surface area contributed by atoms with Crippen molar-refractivity contribution in [3.8, 4) is 6.07 Å². The molecule has 0 amide bonds. The molecule has 1 aromatic rings. The molecular weight excluding hydrogens is 232 g/mol. The normalized spacial score (nSPS) is 14.8. The van der Waals surface area contributed by atoms with E-state index >= 15 is 0 Å². The topological polar surface area (TPSA) is 23.8 Å². The van der Waals surface area contributed by atoms with E-state index in [1.165, 1.54) is 23.8 Å². The molecule has 0 aliphatic heterocycles. The molecule has 0 saturated heterocycles. The van der Waals surface area contributed by atoms with E-state index < -0.39 is 17.2 Å². The molecule has 3 heteroatoms. The Balaban J connectivity index is 2.40. The molecule has 2 rings (SSSR count). The number of halogens is 2. The third-order valence-electron chi connectivity index (χ3n) is 3.21. The molecule has 1 aromatic carbocycles. The fourth-order valence-corrected chi connectivity index (χ4v) is 2.08. The van der Waals surface area contributed by atoms with Gasteiger partial charge in [-0.15, -0.1) is 0 Å². The zero-order valence-corrected chi connectivity index (χ0v) is 10.1. The van der Waals surface area contributed by atoms with Gasteiger partial charge in [0.2, 0.25) is 0 Å². The Bertz CT molecular complexity index is 554. The predicted octanol–water partition coefficient (Wildman–Crippen LogP) is 4.35. The zero-order chi connectivity index (χ0) is 13.1. The number of nitriles is 1. The number of benzene rings is 1. The molecule has 0 atom stereocenters. The number of allylic oxidation sites excluding steroid dienone is 4. The first-order valence-corrected chi connectivity index (χ1v) is 5.93. The van der Waals surface area contributed by atoms with Crippen LogP contribution in [0.3, 0.4) is 0 Å². The van der Waals surface area contributed by atoms with E-state index in [4.69, 9.17) is 5.26 Å². The SMILES string of the molecule is CCC1=CC=C(c2cc(F)c(C#N)c(F)c2)CC1. The molecule has 0 saturated carbocycles. The highest BCUT2D eigenvalue weighted by Crippen LogP contribution is 2.29. The average Bonchev–Trinajstić information content (AvgIpc) is 2.38. The van der Waals surface area contributed by atoms with Gasteiger partial charge in [0.1, 0.15) is 23.3 Å². The maximum atomic E-state index is 13.5. The maximum absolute atomic E-state index is 13.5. The van der Waals surface area contributed by atoms with E-state index in [0.717, 1.165) is 24.8 Å². The minimum absolute atomic E-state index is 0.514. The molecule has 0 N–H and O–H groups in total. The van der Waals surface area contributed by atoms with Crippen molar-refractivity contribution in [3.63, 3.8) is 0 Å². The van der Waals surface area contributed by atoms with Crippen LogP contribution in [0.1, 0.15) is 37.3 Å². The Morgan fingerprint density at radius 3 is 2.28 bits per heavy atom. The largest absolute Gasteiger partial charge is 0.205 e.